The molecule has 224 valence electrons. The van der Waals surface area contributed by atoms with Crippen LogP contribution in [0.1, 0.15) is 29.9 Å². The van der Waals surface area contributed by atoms with Crippen molar-refractivity contribution < 1.29 is 27.9 Å². The minimum atomic E-state index is -4.03. The maximum atomic E-state index is 13.8. The average Bonchev–Trinajstić information content (AvgIpc) is 2.98. The highest BCUT2D eigenvalue weighted by atomic mass is 32.2. The summed E-state index contributed by atoms with van der Waals surface area (Å²) in [5.41, 5.74) is 2.55. The maximum absolute atomic E-state index is 13.8. The zero-order valence-corrected chi connectivity index (χ0v) is 25.4. The predicted octanol–water partition coefficient (Wildman–Crippen LogP) is 2.92. The molecule has 4 rings (SSSR count). The SMILES string of the molecule is C[C@H](CO)N1C[C@H](C)[C@H](CN(C)C(=O)Cc2ccccn2)Oc2cc(-c3cccc(C(=O)N(C)C)c3)ccc2S1(=O)=O. The zero-order valence-electron chi connectivity index (χ0n) is 24.6. The Hall–Kier alpha value is -3.80. The molecule has 1 aliphatic rings. The van der Waals surface area contributed by atoms with Crippen LogP contribution in [0.3, 0.4) is 0 Å². The standard InChI is InChI=1S/C31H38N4O6S/c1-21-18-35(22(2)20-36)42(39,40)29-13-12-24(23-9-8-10-25(15-23)31(38)33(3)4)16-27(29)41-28(21)19-34(5)30(37)17-26-11-6-7-14-32-26/h6-16,21-22,28,36H,17-20H2,1-5H3/t21-,22+,28-/m0/s1. The number of pyridine rings is 1. The van der Waals surface area contributed by atoms with Crippen molar-refractivity contribution in [2.75, 3.05) is 40.8 Å². The Morgan fingerprint density at radius 2 is 1.81 bits per heavy atom. The molecule has 1 aliphatic heterocycles. The monoisotopic (exact) mass is 594 g/mol. The Balaban J connectivity index is 1.72. The van der Waals surface area contributed by atoms with Gasteiger partial charge in [-0.1, -0.05) is 31.2 Å². The molecule has 0 aliphatic carbocycles. The second kappa shape index (κ2) is 13.0. The van der Waals surface area contributed by atoms with Crippen LogP contribution in [0.15, 0.2) is 71.8 Å². The molecule has 3 atom stereocenters. The van der Waals surface area contributed by atoms with Gasteiger partial charge in [0.2, 0.25) is 15.9 Å². The molecule has 2 amide bonds. The van der Waals surface area contributed by atoms with Crippen molar-refractivity contribution in [1.82, 2.24) is 19.1 Å². The van der Waals surface area contributed by atoms with Gasteiger partial charge in [0, 0.05) is 57.1 Å². The van der Waals surface area contributed by atoms with Gasteiger partial charge >= 0.3 is 0 Å². The van der Waals surface area contributed by atoms with E-state index in [-0.39, 0.29) is 54.5 Å². The molecule has 0 unspecified atom stereocenters. The summed E-state index contributed by atoms with van der Waals surface area (Å²) in [5.74, 6) is -0.468. The van der Waals surface area contributed by atoms with Crippen LogP contribution in [0.4, 0.5) is 0 Å². The van der Waals surface area contributed by atoms with Gasteiger partial charge in [-0.15, -0.1) is 0 Å². The van der Waals surface area contributed by atoms with Gasteiger partial charge in [-0.05, 0) is 54.4 Å². The Bertz CT molecular complexity index is 1530. The lowest BCUT2D eigenvalue weighted by Crippen LogP contribution is -2.50. The fourth-order valence-corrected chi connectivity index (χ4v) is 6.70. The molecule has 0 saturated heterocycles. The summed E-state index contributed by atoms with van der Waals surface area (Å²) in [5, 5.41) is 9.92. The van der Waals surface area contributed by atoms with Crippen molar-refractivity contribution >= 4 is 21.8 Å². The number of aliphatic hydroxyl groups is 1. The Kier molecular flexibility index (Phi) is 9.65. The fraction of sp³-hybridized carbons (Fsp3) is 0.387. The number of hydrogen-bond donors (Lipinski definition) is 1. The van der Waals surface area contributed by atoms with Crippen LogP contribution < -0.4 is 4.74 Å². The van der Waals surface area contributed by atoms with Crippen LogP contribution in [0.2, 0.25) is 0 Å². The molecular formula is C31H38N4O6S. The Labute approximate surface area is 247 Å². The lowest BCUT2D eigenvalue weighted by atomic mass is 10.0. The van der Waals surface area contributed by atoms with E-state index in [1.807, 2.05) is 19.1 Å². The minimum Gasteiger partial charge on any atom is -0.487 e. The zero-order chi connectivity index (χ0) is 30.6. The van der Waals surface area contributed by atoms with Crippen molar-refractivity contribution in [1.29, 1.82) is 0 Å². The van der Waals surface area contributed by atoms with Gasteiger partial charge in [-0.25, -0.2) is 8.42 Å². The number of fused-ring (bicyclic) bond motifs is 1. The molecule has 0 bridgehead atoms. The quantitative estimate of drug-likeness (QED) is 0.426. The first kappa shape index (κ1) is 31.1. The molecule has 0 radical (unpaired) electrons. The summed E-state index contributed by atoms with van der Waals surface area (Å²) >= 11 is 0. The van der Waals surface area contributed by atoms with Gasteiger partial charge in [-0.3, -0.25) is 14.6 Å². The lowest BCUT2D eigenvalue weighted by Gasteiger charge is -2.37. The van der Waals surface area contributed by atoms with Crippen LogP contribution in [-0.2, 0) is 21.2 Å². The number of rotatable bonds is 8. The molecule has 1 aromatic heterocycles. The topological polar surface area (TPSA) is 120 Å². The summed E-state index contributed by atoms with van der Waals surface area (Å²) < 4.78 is 35.4. The lowest BCUT2D eigenvalue weighted by molar-refractivity contribution is -0.130. The van der Waals surface area contributed by atoms with E-state index < -0.39 is 22.2 Å². The summed E-state index contributed by atoms with van der Waals surface area (Å²) in [7, 11) is 1.02. The van der Waals surface area contributed by atoms with Crippen LogP contribution in [-0.4, -0.2) is 97.4 Å². The second-order valence-electron chi connectivity index (χ2n) is 11.0. The van der Waals surface area contributed by atoms with Gasteiger partial charge < -0.3 is 19.6 Å². The van der Waals surface area contributed by atoms with Gasteiger partial charge in [0.05, 0.1) is 19.6 Å². The maximum Gasteiger partial charge on any atom is 0.253 e. The first-order chi connectivity index (χ1) is 19.9. The predicted molar refractivity (Wildman–Crippen MR) is 159 cm³/mol. The first-order valence-electron chi connectivity index (χ1n) is 13.8. The van der Waals surface area contributed by atoms with E-state index in [1.54, 1.807) is 81.6 Å². The van der Waals surface area contributed by atoms with E-state index in [2.05, 4.69) is 4.98 Å². The molecular weight excluding hydrogens is 556 g/mol. The number of ether oxygens (including phenoxy) is 1. The Morgan fingerprint density at radius 3 is 2.48 bits per heavy atom. The van der Waals surface area contributed by atoms with E-state index in [1.165, 1.54) is 15.3 Å². The molecule has 0 fully saturated rings. The number of hydrogen-bond acceptors (Lipinski definition) is 7. The van der Waals surface area contributed by atoms with Crippen LogP contribution in [0.5, 0.6) is 5.75 Å². The molecule has 11 heteroatoms. The third-order valence-electron chi connectivity index (χ3n) is 7.45. The highest BCUT2D eigenvalue weighted by Gasteiger charge is 2.38. The number of carbonyl (C=O) groups is 2. The summed E-state index contributed by atoms with van der Waals surface area (Å²) in [6.45, 7) is 3.50. The van der Waals surface area contributed by atoms with Gasteiger partial charge in [-0.2, -0.15) is 4.31 Å². The van der Waals surface area contributed by atoms with Gasteiger partial charge in [0.1, 0.15) is 16.7 Å². The fourth-order valence-electron chi connectivity index (χ4n) is 4.88. The molecule has 10 nitrogen and oxygen atoms in total. The molecule has 1 N–H and O–H groups in total. The average molecular weight is 595 g/mol. The Morgan fingerprint density at radius 1 is 1.07 bits per heavy atom. The van der Waals surface area contributed by atoms with Crippen molar-refractivity contribution in [3.05, 3.63) is 78.1 Å². The number of carbonyl (C=O) groups excluding carboxylic acids is 2. The molecule has 0 spiro atoms. The number of aromatic nitrogens is 1. The highest BCUT2D eigenvalue weighted by molar-refractivity contribution is 7.89. The van der Waals surface area contributed by atoms with Crippen molar-refractivity contribution in [2.45, 2.75) is 37.3 Å². The van der Waals surface area contributed by atoms with Crippen molar-refractivity contribution in [2.24, 2.45) is 5.92 Å². The number of nitrogens with zero attached hydrogens (tertiary/aromatic N) is 4. The smallest absolute Gasteiger partial charge is 0.253 e. The number of aliphatic hydroxyl groups excluding tert-OH is 1. The summed E-state index contributed by atoms with van der Waals surface area (Å²) in [6, 6.07) is 16.7. The molecule has 42 heavy (non-hydrogen) atoms. The largest absolute Gasteiger partial charge is 0.487 e. The number of amides is 2. The summed E-state index contributed by atoms with van der Waals surface area (Å²) in [4.78, 5) is 32.9. The van der Waals surface area contributed by atoms with Crippen molar-refractivity contribution in [3.8, 4) is 16.9 Å². The summed E-state index contributed by atoms with van der Waals surface area (Å²) in [6.07, 6.45) is 1.21. The number of likely N-dealkylation sites (N-methyl/N-ethyl adjacent to an activating group) is 1. The second-order valence-corrected chi connectivity index (χ2v) is 12.8. The number of sulfonamides is 1. The molecule has 0 saturated carbocycles. The highest BCUT2D eigenvalue weighted by Crippen LogP contribution is 2.37. The third kappa shape index (κ3) is 6.80. The molecule has 2 heterocycles. The van der Waals surface area contributed by atoms with E-state index in [4.69, 9.17) is 4.74 Å². The minimum absolute atomic E-state index is 0.0218. The van der Waals surface area contributed by atoms with Crippen LogP contribution >= 0.6 is 0 Å². The molecule has 3 aromatic rings. The van der Waals surface area contributed by atoms with E-state index in [0.717, 1.165) is 5.56 Å². The normalized spacial score (nSPS) is 19.0. The van der Waals surface area contributed by atoms with E-state index in [9.17, 15) is 23.1 Å². The van der Waals surface area contributed by atoms with Gasteiger partial charge in [0.15, 0.2) is 0 Å². The van der Waals surface area contributed by atoms with Crippen LogP contribution in [0, 0.1) is 5.92 Å². The first-order valence-corrected chi connectivity index (χ1v) is 15.3. The third-order valence-corrected chi connectivity index (χ3v) is 9.47. The van der Waals surface area contributed by atoms with E-state index >= 15 is 0 Å². The number of benzene rings is 2. The molecule has 2 aromatic carbocycles. The van der Waals surface area contributed by atoms with Crippen LogP contribution in [0.25, 0.3) is 11.1 Å². The van der Waals surface area contributed by atoms with E-state index in [0.29, 0.717) is 16.8 Å². The van der Waals surface area contributed by atoms with Crippen molar-refractivity contribution in [3.63, 3.8) is 0 Å². The van der Waals surface area contributed by atoms with Gasteiger partial charge in [0.25, 0.3) is 5.91 Å².